The summed E-state index contributed by atoms with van der Waals surface area (Å²) in [6.45, 7) is 1.89. The lowest BCUT2D eigenvalue weighted by atomic mass is 10.2. The van der Waals surface area contributed by atoms with Gasteiger partial charge < -0.3 is 15.6 Å². The number of halogens is 1. The second kappa shape index (κ2) is 4.65. The van der Waals surface area contributed by atoms with Crippen LogP contribution in [0.15, 0.2) is 0 Å². The molecule has 1 aromatic rings. The molecular formula is C9H11IN2O3. The first-order valence-corrected chi connectivity index (χ1v) is 5.35. The third-order valence-corrected chi connectivity index (χ3v) is 3.14. The van der Waals surface area contributed by atoms with Gasteiger partial charge in [-0.3, -0.25) is 0 Å². The molecule has 0 saturated carbocycles. The van der Waals surface area contributed by atoms with Crippen LogP contribution in [0.1, 0.15) is 23.1 Å². The highest BCUT2D eigenvalue weighted by molar-refractivity contribution is 14.1. The van der Waals surface area contributed by atoms with Crippen molar-refractivity contribution in [3.63, 3.8) is 0 Å². The van der Waals surface area contributed by atoms with E-state index >= 15 is 0 Å². The topological polar surface area (TPSA) is 85.4 Å². The van der Waals surface area contributed by atoms with Gasteiger partial charge in [0.15, 0.2) is 11.4 Å². The fourth-order valence-corrected chi connectivity index (χ4v) is 1.95. The van der Waals surface area contributed by atoms with Crippen molar-refractivity contribution < 1.29 is 14.6 Å². The monoisotopic (exact) mass is 322 g/mol. The Bertz CT molecular complexity index is 407. The Morgan fingerprint density at radius 3 is 2.67 bits per heavy atom. The van der Waals surface area contributed by atoms with Gasteiger partial charge in [-0.2, -0.15) is 0 Å². The average molecular weight is 322 g/mol. The summed E-state index contributed by atoms with van der Waals surface area (Å²) in [5.41, 5.74) is 6.65. The summed E-state index contributed by atoms with van der Waals surface area (Å²) in [7, 11) is 1.38. The maximum atomic E-state index is 10.9. The summed E-state index contributed by atoms with van der Waals surface area (Å²) in [6.07, 6.45) is 0.632. The molecule has 0 aliphatic heterocycles. The van der Waals surface area contributed by atoms with Crippen molar-refractivity contribution in [3.05, 3.63) is 15.0 Å². The lowest BCUT2D eigenvalue weighted by molar-refractivity contribution is 0.0686. The van der Waals surface area contributed by atoms with Crippen molar-refractivity contribution in [2.24, 2.45) is 0 Å². The summed E-state index contributed by atoms with van der Waals surface area (Å²) < 4.78 is 5.69. The van der Waals surface area contributed by atoms with Crippen molar-refractivity contribution >= 4 is 34.2 Å². The molecule has 0 bridgehead atoms. The number of aromatic nitrogens is 1. The van der Waals surface area contributed by atoms with Gasteiger partial charge in [0.25, 0.3) is 0 Å². The number of methoxy groups -OCH3 is 1. The van der Waals surface area contributed by atoms with E-state index in [1.54, 1.807) is 0 Å². The van der Waals surface area contributed by atoms with Crippen LogP contribution in [-0.4, -0.2) is 23.2 Å². The van der Waals surface area contributed by atoms with Crippen LogP contribution < -0.4 is 10.5 Å². The molecule has 15 heavy (non-hydrogen) atoms. The first kappa shape index (κ1) is 12.0. The molecule has 0 aliphatic carbocycles. The quantitative estimate of drug-likeness (QED) is 0.825. The number of carboxylic acids is 1. The molecular weight excluding hydrogens is 311 g/mol. The maximum Gasteiger partial charge on any atom is 0.358 e. The molecule has 0 amide bonds. The zero-order valence-corrected chi connectivity index (χ0v) is 10.5. The van der Waals surface area contributed by atoms with Crippen LogP contribution in [-0.2, 0) is 6.42 Å². The highest BCUT2D eigenvalue weighted by Crippen LogP contribution is 2.31. The molecule has 82 valence electrons. The third-order valence-electron chi connectivity index (χ3n) is 1.94. The number of rotatable bonds is 3. The van der Waals surface area contributed by atoms with E-state index in [1.807, 2.05) is 29.5 Å². The molecule has 6 heteroatoms. The first-order chi connectivity index (χ1) is 7.02. The van der Waals surface area contributed by atoms with Gasteiger partial charge in [-0.15, -0.1) is 0 Å². The predicted molar refractivity (Wildman–Crippen MR) is 64.3 cm³/mol. The van der Waals surface area contributed by atoms with Gasteiger partial charge in [-0.1, -0.05) is 6.92 Å². The molecule has 3 N–H and O–H groups in total. The number of ether oxygens (including phenoxy) is 1. The van der Waals surface area contributed by atoms with Gasteiger partial charge in [0.2, 0.25) is 0 Å². The van der Waals surface area contributed by atoms with Gasteiger partial charge in [0.1, 0.15) is 0 Å². The van der Waals surface area contributed by atoms with Crippen LogP contribution in [0.4, 0.5) is 5.69 Å². The first-order valence-electron chi connectivity index (χ1n) is 4.28. The van der Waals surface area contributed by atoms with Crippen molar-refractivity contribution in [2.75, 3.05) is 12.8 Å². The van der Waals surface area contributed by atoms with E-state index in [2.05, 4.69) is 4.98 Å². The Morgan fingerprint density at radius 2 is 2.27 bits per heavy atom. The predicted octanol–water partition coefficient (Wildman–Crippen LogP) is 1.54. The summed E-state index contributed by atoms with van der Waals surface area (Å²) in [6, 6.07) is 0. The number of nitrogens with zero attached hydrogens (tertiary/aromatic N) is 1. The molecule has 1 heterocycles. The van der Waals surface area contributed by atoms with E-state index in [4.69, 9.17) is 15.6 Å². The van der Waals surface area contributed by atoms with Gasteiger partial charge in [0.05, 0.1) is 22.1 Å². The number of pyridine rings is 1. The van der Waals surface area contributed by atoms with Gasteiger partial charge in [-0.25, -0.2) is 9.78 Å². The molecule has 1 rings (SSSR count). The molecule has 0 atom stereocenters. The highest BCUT2D eigenvalue weighted by Gasteiger charge is 2.20. The van der Waals surface area contributed by atoms with Gasteiger partial charge in [0, 0.05) is 0 Å². The molecule has 0 spiro atoms. The summed E-state index contributed by atoms with van der Waals surface area (Å²) in [5, 5.41) is 8.93. The standard InChI is InChI=1S/C9H11IN2O3/c1-3-4-5(10)6(11)8(15-2)7(12-4)9(13)14/h3H2,1-2H3,(H2,11,12)(H,13,14). The number of carbonyl (C=O) groups is 1. The number of aryl methyl sites for hydroxylation is 1. The van der Waals surface area contributed by atoms with Crippen LogP contribution >= 0.6 is 22.6 Å². The normalized spacial score (nSPS) is 10.1. The number of aromatic carboxylic acids is 1. The highest BCUT2D eigenvalue weighted by atomic mass is 127. The van der Waals surface area contributed by atoms with Crippen molar-refractivity contribution in [2.45, 2.75) is 13.3 Å². The Morgan fingerprint density at radius 1 is 1.67 bits per heavy atom. The number of hydrogen-bond acceptors (Lipinski definition) is 4. The number of hydrogen-bond donors (Lipinski definition) is 2. The van der Waals surface area contributed by atoms with Gasteiger partial charge in [-0.05, 0) is 29.0 Å². The molecule has 5 nitrogen and oxygen atoms in total. The smallest absolute Gasteiger partial charge is 0.358 e. The Kier molecular flexibility index (Phi) is 3.72. The number of anilines is 1. The fraction of sp³-hybridized carbons (Fsp3) is 0.333. The maximum absolute atomic E-state index is 10.9. The summed E-state index contributed by atoms with van der Waals surface area (Å²) in [5.74, 6) is -1.01. The van der Waals surface area contributed by atoms with Crippen LogP contribution in [0.3, 0.4) is 0 Å². The fourth-order valence-electron chi connectivity index (χ4n) is 1.20. The van der Waals surface area contributed by atoms with Crippen LogP contribution in [0.2, 0.25) is 0 Å². The zero-order valence-electron chi connectivity index (χ0n) is 8.37. The SMILES string of the molecule is CCc1nc(C(=O)O)c(OC)c(N)c1I. The Labute approximate surface area is 101 Å². The summed E-state index contributed by atoms with van der Waals surface area (Å²) in [4.78, 5) is 14.9. The lowest BCUT2D eigenvalue weighted by Crippen LogP contribution is -2.11. The number of nitrogens with two attached hydrogens (primary N) is 1. The molecule has 0 fully saturated rings. The van der Waals surface area contributed by atoms with E-state index in [9.17, 15) is 4.79 Å². The van der Waals surface area contributed by atoms with E-state index in [0.29, 0.717) is 17.8 Å². The van der Waals surface area contributed by atoms with E-state index in [1.165, 1.54) is 7.11 Å². The Balaban J connectivity index is 3.51. The summed E-state index contributed by atoms with van der Waals surface area (Å²) >= 11 is 2.03. The number of carboxylic acid groups (broad SMARTS) is 1. The Hall–Kier alpha value is -1.05. The minimum atomic E-state index is -1.13. The molecule has 0 aliphatic rings. The average Bonchev–Trinajstić information content (AvgIpc) is 2.21. The molecule has 0 saturated heterocycles. The van der Waals surface area contributed by atoms with Gasteiger partial charge >= 0.3 is 5.97 Å². The minimum absolute atomic E-state index is 0.129. The lowest BCUT2D eigenvalue weighted by Gasteiger charge is -2.11. The van der Waals surface area contributed by atoms with Crippen LogP contribution in [0.5, 0.6) is 5.75 Å². The van der Waals surface area contributed by atoms with E-state index in [0.717, 1.165) is 3.57 Å². The van der Waals surface area contributed by atoms with Crippen molar-refractivity contribution in [1.29, 1.82) is 0 Å². The van der Waals surface area contributed by atoms with Crippen molar-refractivity contribution in [3.8, 4) is 5.75 Å². The second-order valence-corrected chi connectivity index (χ2v) is 3.91. The number of nitrogen functional groups attached to an aromatic ring is 1. The second-order valence-electron chi connectivity index (χ2n) is 2.83. The molecule has 1 aromatic heterocycles. The van der Waals surface area contributed by atoms with Crippen LogP contribution in [0.25, 0.3) is 0 Å². The molecule has 0 radical (unpaired) electrons. The third kappa shape index (κ3) is 2.14. The largest absolute Gasteiger partial charge is 0.492 e. The molecule has 0 aromatic carbocycles. The molecule has 0 unspecified atom stereocenters. The van der Waals surface area contributed by atoms with E-state index in [-0.39, 0.29) is 11.4 Å². The van der Waals surface area contributed by atoms with E-state index < -0.39 is 5.97 Å². The van der Waals surface area contributed by atoms with Crippen molar-refractivity contribution in [1.82, 2.24) is 4.98 Å². The van der Waals surface area contributed by atoms with Crippen LogP contribution in [0, 0.1) is 3.57 Å². The zero-order chi connectivity index (χ0) is 11.6. The minimum Gasteiger partial charge on any atom is -0.492 e.